The van der Waals surface area contributed by atoms with Crippen LogP contribution in [0.3, 0.4) is 0 Å². The highest BCUT2D eigenvalue weighted by Crippen LogP contribution is 2.30. The summed E-state index contributed by atoms with van der Waals surface area (Å²) in [7, 11) is 0. The molecule has 1 N–H and O–H groups in total. The largest absolute Gasteiger partial charge is 0.449 e. The maximum Gasteiger partial charge on any atom is 0.203 e. The average Bonchev–Trinajstić information content (AvgIpc) is 2.87. The van der Waals surface area contributed by atoms with Crippen molar-refractivity contribution >= 4 is 0 Å². The Hall–Kier alpha value is -1.27. The van der Waals surface area contributed by atoms with Crippen LogP contribution in [0.1, 0.15) is 50.5 Å². The van der Waals surface area contributed by atoms with Crippen molar-refractivity contribution in [3.8, 4) is 6.07 Å². The van der Waals surface area contributed by atoms with E-state index in [1.807, 2.05) is 12.1 Å². The molecule has 1 heterocycles. The van der Waals surface area contributed by atoms with Gasteiger partial charge in [0.1, 0.15) is 11.8 Å². The van der Waals surface area contributed by atoms with E-state index in [0.717, 1.165) is 30.7 Å². The fraction of sp³-hybridized carbons (Fsp3) is 0.667. The first-order valence-electron chi connectivity index (χ1n) is 7.01. The van der Waals surface area contributed by atoms with Crippen LogP contribution in [0.2, 0.25) is 0 Å². The molecule has 0 radical (unpaired) electrons. The monoisotopic (exact) mass is 246 g/mol. The van der Waals surface area contributed by atoms with E-state index in [9.17, 15) is 0 Å². The van der Waals surface area contributed by atoms with E-state index >= 15 is 0 Å². The third-order valence-corrected chi connectivity index (χ3v) is 4.05. The summed E-state index contributed by atoms with van der Waals surface area (Å²) in [4.78, 5) is 0. The standard InChI is InChI=1S/C15H22N2O/c1-2-12-3-5-13(6-4-12)10-17-11-15-8-7-14(9-16)18-15/h7-8,12-13,17H,2-6,10-11H2,1H3. The molecule has 1 aliphatic carbocycles. The van der Waals surface area contributed by atoms with E-state index < -0.39 is 0 Å². The van der Waals surface area contributed by atoms with Crippen molar-refractivity contribution in [1.82, 2.24) is 5.32 Å². The van der Waals surface area contributed by atoms with Gasteiger partial charge >= 0.3 is 0 Å². The summed E-state index contributed by atoms with van der Waals surface area (Å²) in [5.41, 5.74) is 0. The number of furan rings is 1. The van der Waals surface area contributed by atoms with Crippen LogP contribution in [0.4, 0.5) is 0 Å². The lowest BCUT2D eigenvalue weighted by Crippen LogP contribution is -2.26. The first-order chi connectivity index (χ1) is 8.81. The van der Waals surface area contributed by atoms with Crippen LogP contribution in [0.5, 0.6) is 0 Å². The lowest BCUT2D eigenvalue weighted by atomic mass is 9.81. The fourth-order valence-corrected chi connectivity index (χ4v) is 2.78. The van der Waals surface area contributed by atoms with Crippen LogP contribution < -0.4 is 5.32 Å². The van der Waals surface area contributed by atoms with Crippen LogP contribution in [-0.2, 0) is 6.54 Å². The van der Waals surface area contributed by atoms with Crippen LogP contribution in [-0.4, -0.2) is 6.54 Å². The molecule has 0 bridgehead atoms. The van der Waals surface area contributed by atoms with Crippen molar-refractivity contribution in [3.63, 3.8) is 0 Å². The SMILES string of the molecule is CCC1CCC(CNCc2ccc(C#N)o2)CC1. The van der Waals surface area contributed by atoms with Crippen molar-refractivity contribution in [2.45, 2.75) is 45.6 Å². The molecule has 0 aliphatic heterocycles. The molecule has 0 unspecified atom stereocenters. The molecule has 1 fully saturated rings. The van der Waals surface area contributed by atoms with Crippen molar-refractivity contribution in [2.75, 3.05) is 6.54 Å². The van der Waals surface area contributed by atoms with Crippen LogP contribution in [0, 0.1) is 23.2 Å². The number of nitriles is 1. The zero-order chi connectivity index (χ0) is 12.8. The molecule has 2 rings (SSSR count). The Morgan fingerprint density at radius 2 is 2.00 bits per heavy atom. The molecule has 1 aromatic heterocycles. The zero-order valence-electron chi connectivity index (χ0n) is 11.1. The Labute approximate surface area is 109 Å². The maximum atomic E-state index is 8.66. The van der Waals surface area contributed by atoms with Crippen molar-refractivity contribution in [1.29, 1.82) is 5.26 Å². The lowest BCUT2D eigenvalue weighted by molar-refractivity contribution is 0.261. The number of nitrogens with one attached hydrogen (secondary N) is 1. The van der Waals surface area contributed by atoms with Gasteiger partial charge in [-0.25, -0.2) is 0 Å². The molecular formula is C15H22N2O. The first-order valence-corrected chi connectivity index (χ1v) is 7.01. The average molecular weight is 246 g/mol. The fourth-order valence-electron chi connectivity index (χ4n) is 2.78. The predicted octanol–water partition coefficient (Wildman–Crippen LogP) is 3.46. The Morgan fingerprint density at radius 3 is 2.61 bits per heavy atom. The number of hydrogen-bond acceptors (Lipinski definition) is 3. The van der Waals surface area contributed by atoms with Gasteiger partial charge in [0.15, 0.2) is 0 Å². The molecule has 0 saturated heterocycles. The van der Waals surface area contributed by atoms with Gasteiger partial charge in [-0.05, 0) is 43.4 Å². The van der Waals surface area contributed by atoms with E-state index in [1.165, 1.54) is 32.1 Å². The van der Waals surface area contributed by atoms with Gasteiger partial charge in [0, 0.05) is 0 Å². The molecule has 0 aromatic carbocycles. The molecule has 98 valence electrons. The predicted molar refractivity (Wildman–Crippen MR) is 70.9 cm³/mol. The van der Waals surface area contributed by atoms with Gasteiger partial charge in [0.05, 0.1) is 6.54 Å². The highest BCUT2D eigenvalue weighted by Gasteiger charge is 2.19. The summed E-state index contributed by atoms with van der Waals surface area (Å²) in [5.74, 6) is 3.03. The van der Waals surface area contributed by atoms with Crippen molar-refractivity contribution in [3.05, 3.63) is 23.7 Å². The van der Waals surface area contributed by atoms with E-state index in [1.54, 1.807) is 6.07 Å². The van der Waals surface area contributed by atoms with Gasteiger partial charge < -0.3 is 9.73 Å². The van der Waals surface area contributed by atoms with Gasteiger partial charge in [-0.2, -0.15) is 5.26 Å². The summed E-state index contributed by atoms with van der Waals surface area (Å²) >= 11 is 0. The molecule has 18 heavy (non-hydrogen) atoms. The van der Waals surface area contributed by atoms with E-state index in [-0.39, 0.29) is 0 Å². The molecule has 1 aliphatic rings. The number of nitrogens with zero attached hydrogens (tertiary/aromatic N) is 1. The second kappa shape index (κ2) is 6.61. The number of rotatable bonds is 5. The summed E-state index contributed by atoms with van der Waals surface area (Å²) in [6.07, 6.45) is 6.83. The molecule has 3 heteroatoms. The van der Waals surface area contributed by atoms with Gasteiger partial charge in [-0.3, -0.25) is 0 Å². The number of hydrogen-bond donors (Lipinski definition) is 1. The third-order valence-electron chi connectivity index (χ3n) is 4.05. The molecular weight excluding hydrogens is 224 g/mol. The lowest BCUT2D eigenvalue weighted by Gasteiger charge is -2.27. The quantitative estimate of drug-likeness (QED) is 0.865. The topological polar surface area (TPSA) is 49.0 Å². The Kier molecular flexibility index (Phi) is 4.83. The molecule has 1 saturated carbocycles. The molecule has 3 nitrogen and oxygen atoms in total. The van der Waals surface area contributed by atoms with Crippen molar-refractivity contribution in [2.24, 2.45) is 11.8 Å². The summed E-state index contributed by atoms with van der Waals surface area (Å²) in [5, 5.41) is 12.1. The van der Waals surface area contributed by atoms with Gasteiger partial charge in [-0.1, -0.05) is 26.2 Å². The first kappa shape index (κ1) is 13.2. The maximum absolute atomic E-state index is 8.66. The van der Waals surface area contributed by atoms with Crippen LogP contribution >= 0.6 is 0 Å². The minimum absolute atomic E-state index is 0.398. The zero-order valence-corrected chi connectivity index (χ0v) is 11.1. The molecule has 0 amide bonds. The summed E-state index contributed by atoms with van der Waals surface area (Å²) in [6.45, 7) is 4.10. The van der Waals surface area contributed by atoms with E-state index in [0.29, 0.717) is 5.76 Å². The minimum atomic E-state index is 0.398. The molecule has 0 atom stereocenters. The Morgan fingerprint density at radius 1 is 1.28 bits per heavy atom. The Balaban J connectivity index is 1.65. The van der Waals surface area contributed by atoms with E-state index in [2.05, 4.69) is 12.2 Å². The normalized spacial score (nSPS) is 23.8. The molecule has 0 spiro atoms. The second-order valence-electron chi connectivity index (χ2n) is 5.30. The summed E-state index contributed by atoms with van der Waals surface area (Å²) < 4.78 is 5.33. The molecule has 1 aromatic rings. The minimum Gasteiger partial charge on any atom is -0.449 e. The van der Waals surface area contributed by atoms with E-state index in [4.69, 9.17) is 9.68 Å². The van der Waals surface area contributed by atoms with Gasteiger partial charge in [0.25, 0.3) is 0 Å². The van der Waals surface area contributed by atoms with Crippen LogP contribution in [0.25, 0.3) is 0 Å². The highest BCUT2D eigenvalue weighted by molar-refractivity contribution is 5.18. The second-order valence-corrected chi connectivity index (χ2v) is 5.30. The smallest absolute Gasteiger partial charge is 0.203 e. The summed E-state index contributed by atoms with van der Waals surface area (Å²) in [6, 6.07) is 5.60. The van der Waals surface area contributed by atoms with Gasteiger partial charge in [-0.15, -0.1) is 0 Å². The third kappa shape index (κ3) is 3.61. The highest BCUT2D eigenvalue weighted by atomic mass is 16.3. The Bertz CT molecular complexity index is 397. The van der Waals surface area contributed by atoms with Crippen LogP contribution in [0.15, 0.2) is 16.5 Å². The van der Waals surface area contributed by atoms with Crippen molar-refractivity contribution < 1.29 is 4.42 Å². The van der Waals surface area contributed by atoms with Gasteiger partial charge in [0.2, 0.25) is 5.76 Å².